The lowest BCUT2D eigenvalue weighted by atomic mass is 10.3. The van der Waals surface area contributed by atoms with Gasteiger partial charge in [-0.2, -0.15) is 0 Å². The molecule has 0 atom stereocenters. The van der Waals surface area contributed by atoms with Crippen LogP contribution in [0.2, 0.25) is 0 Å². The maximum absolute atomic E-state index is 13.5. The Hall–Kier alpha value is -1.95. The van der Waals surface area contributed by atoms with Gasteiger partial charge in [-0.15, -0.1) is 0 Å². The Balaban J connectivity index is 2.48. The number of aromatic nitrogens is 2. The first-order valence-corrected chi connectivity index (χ1v) is 5.25. The van der Waals surface area contributed by atoms with Crippen molar-refractivity contribution < 1.29 is 8.81 Å². The monoisotopic (exact) mass is 236 g/mol. The summed E-state index contributed by atoms with van der Waals surface area (Å²) in [4.78, 5) is 7.98. The number of anilines is 1. The van der Waals surface area contributed by atoms with Gasteiger partial charge >= 0.3 is 0 Å². The molecule has 2 aromatic heterocycles. The minimum Gasteiger partial charge on any atom is -0.458 e. The summed E-state index contributed by atoms with van der Waals surface area (Å²) in [5.74, 6) is 6.23. The SMILES string of the molecule is CCc1ccc(-c2nc(C)c(F)c(NN)n2)o1. The molecule has 0 bridgehead atoms. The first-order valence-electron chi connectivity index (χ1n) is 5.25. The Bertz CT molecular complexity index is 538. The lowest BCUT2D eigenvalue weighted by molar-refractivity contribution is 0.524. The first kappa shape index (κ1) is 11.5. The third-order valence-electron chi connectivity index (χ3n) is 2.38. The van der Waals surface area contributed by atoms with Crippen LogP contribution in [0.4, 0.5) is 10.2 Å². The molecule has 2 heterocycles. The van der Waals surface area contributed by atoms with Crippen molar-refractivity contribution in [3.63, 3.8) is 0 Å². The van der Waals surface area contributed by atoms with Crippen LogP contribution in [0.15, 0.2) is 16.5 Å². The topological polar surface area (TPSA) is 77.0 Å². The molecular formula is C11H13FN4O. The minimum atomic E-state index is -0.557. The van der Waals surface area contributed by atoms with Gasteiger partial charge in [0.2, 0.25) is 0 Å². The molecule has 0 saturated carbocycles. The van der Waals surface area contributed by atoms with Gasteiger partial charge in [0.15, 0.2) is 23.2 Å². The van der Waals surface area contributed by atoms with E-state index in [1.165, 1.54) is 0 Å². The third kappa shape index (κ3) is 2.12. The third-order valence-corrected chi connectivity index (χ3v) is 2.38. The molecule has 0 unspecified atom stereocenters. The van der Waals surface area contributed by atoms with Crippen LogP contribution < -0.4 is 11.3 Å². The van der Waals surface area contributed by atoms with Gasteiger partial charge in [-0.25, -0.2) is 20.2 Å². The number of aryl methyl sites for hydroxylation is 2. The zero-order chi connectivity index (χ0) is 12.4. The molecule has 0 amide bonds. The van der Waals surface area contributed by atoms with Crippen LogP contribution in [0.3, 0.4) is 0 Å². The van der Waals surface area contributed by atoms with Crippen molar-refractivity contribution in [3.8, 4) is 11.6 Å². The van der Waals surface area contributed by atoms with Crippen molar-refractivity contribution in [1.82, 2.24) is 9.97 Å². The van der Waals surface area contributed by atoms with Crippen molar-refractivity contribution in [2.75, 3.05) is 5.43 Å². The molecule has 17 heavy (non-hydrogen) atoms. The minimum absolute atomic E-state index is 0.0399. The number of hydrazine groups is 1. The second-order valence-electron chi connectivity index (χ2n) is 3.56. The van der Waals surface area contributed by atoms with Gasteiger partial charge in [-0.1, -0.05) is 6.92 Å². The summed E-state index contributed by atoms with van der Waals surface area (Å²) in [6, 6.07) is 3.60. The summed E-state index contributed by atoms with van der Waals surface area (Å²) < 4.78 is 19.0. The van der Waals surface area contributed by atoms with E-state index in [2.05, 4.69) is 15.4 Å². The largest absolute Gasteiger partial charge is 0.458 e. The van der Waals surface area contributed by atoms with Crippen LogP contribution in [0.1, 0.15) is 18.4 Å². The second kappa shape index (κ2) is 4.50. The van der Waals surface area contributed by atoms with Crippen LogP contribution in [0.5, 0.6) is 0 Å². The van der Waals surface area contributed by atoms with E-state index in [1.54, 1.807) is 13.0 Å². The van der Waals surface area contributed by atoms with Crippen molar-refractivity contribution in [2.45, 2.75) is 20.3 Å². The number of nitrogens with zero attached hydrogens (tertiary/aromatic N) is 2. The smallest absolute Gasteiger partial charge is 0.198 e. The van der Waals surface area contributed by atoms with Gasteiger partial charge in [0.05, 0.1) is 5.69 Å². The van der Waals surface area contributed by atoms with Crippen LogP contribution in [0.25, 0.3) is 11.6 Å². The lowest BCUT2D eigenvalue weighted by Gasteiger charge is -2.05. The number of hydrogen-bond donors (Lipinski definition) is 2. The molecule has 0 spiro atoms. The standard InChI is InChI=1S/C11H13FN4O/c1-3-7-4-5-8(17-7)10-14-6(2)9(12)11(15-10)16-13/h4-5H,3,13H2,1-2H3,(H,14,15,16). The highest BCUT2D eigenvalue weighted by molar-refractivity contribution is 5.52. The average Bonchev–Trinajstić information content (AvgIpc) is 2.81. The highest BCUT2D eigenvalue weighted by Crippen LogP contribution is 2.22. The number of nitrogens with two attached hydrogens (primary N) is 1. The molecule has 90 valence electrons. The van der Waals surface area contributed by atoms with Gasteiger partial charge in [0.1, 0.15) is 5.76 Å². The summed E-state index contributed by atoms with van der Waals surface area (Å²) in [6.45, 7) is 3.53. The highest BCUT2D eigenvalue weighted by Gasteiger charge is 2.14. The van der Waals surface area contributed by atoms with Crippen LogP contribution >= 0.6 is 0 Å². The van der Waals surface area contributed by atoms with Crippen LogP contribution in [0, 0.1) is 12.7 Å². The van der Waals surface area contributed by atoms with E-state index >= 15 is 0 Å². The maximum atomic E-state index is 13.5. The molecule has 0 aliphatic heterocycles. The van der Waals surface area contributed by atoms with E-state index in [4.69, 9.17) is 10.3 Å². The first-order chi connectivity index (χ1) is 8.15. The van der Waals surface area contributed by atoms with E-state index < -0.39 is 5.82 Å². The van der Waals surface area contributed by atoms with Crippen molar-refractivity contribution in [1.29, 1.82) is 0 Å². The van der Waals surface area contributed by atoms with E-state index in [0.29, 0.717) is 11.6 Å². The Morgan fingerprint density at radius 2 is 2.18 bits per heavy atom. The van der Waals surface area contributed by atoms with Gasteiger partial charge in [0.25, 0.3) is 0 Å². The Morgan fingerprint density at radius 3 is 2.76 bits per heavy atom. The summed E-state index contributed by atoms with van der Waals surface area (Å²) in [6.07, 6.45) is 0.780. The molecule has 0 fully saturated rings. The normalized spacial score (nSPS) is 10.6. The van der Waals surface area contributed by atoms with Crippen LogP contribution in [-0.4, -0.2) is 9.97 Å². The quantitative estimate of drug-likeness (QED) is 0.629. The van der Waals surface area contributed by atoms with Crippen molar-refractivity contribution >= 4 is 5.82 Å². The Labute approximate surface area is 97.8 Å². The number of nitrogens with one attached hydrogen (secondary N) is 1. The van der Waals surface area contributed by atoms with Gasteiger partial charge in [-0.3, -0.25) is 0 Å². The summed E-state index contributed by atoms with van der Waals surface area (Å²) >= 11 is 0. The summed E-state index contributed by atoms with van der Waals surface area (Å²) in [5.41, 5.74) is 2.42. The molecule has 0 aliphatic rings. The maximum Gasteiger partial charge on any atom is 0.198 e. The van der Waals surface area contributed by atoms with E-state index in [0.717, 1.165) is 12.2 Å². The molecule has 2 aromatic rings. The predicted octanol–water partition coefficient (Wildman–Crippen LogP) is 2.03. The molecule has 0 aromatic carbocycles. The Morgan fingerprint density at radius 1 is 1.41 bits per heavy atom. The fraction of sp³-hybridized carbons (Fsp3) is 0.273. The highest BCUT2D eigenvalue weighted by atomic mass is 19.1. The van der Waals surface area contributed by atoms with E-state index in [1.807, 2.05) is 13.0 Å². The molecule has 0 radical (unpaired) electrons. The number of rotatable bonds is 3. The van der Waals surface area contributed by atoms with Crippen LogP contribution in [-0.2, 0) is 6.42 Å². The zero-order valence-electron chi connectivity index (χ0n) is 9.62. The predicted molar refractivity (Wildman–Crippen MR) is 61.6 cm³/mol. The summed E-state index contributed by atoms with van der Waals surface area (Å²) in [7, 11) is 0. The lowest BCUT2D eigenvalue weighted by Crippen LogP contribution is -2.12. The Kier molecular flexibility index (Phi) is 3.06. The molecule has 2 rings (SSSR count). The molecule has 6 heteroatoms. The molecule has 0 aliphatic carbocycles. The fourth-order valence-corrected chi connectivity index (χ4v) is 1.45. The fourth-order valence-electron chi connectivity index (χ4n) is 1.45. The summed E-state index contributed by atoms with van der Waals surface area (Å²) in [5, 5.41) is 0. The molecule has 5 nitrogen and oxygen atoms in total. The van der Waals surface area contributed by atoms with E-state index in [9.17, 15) is 4.39 Å². The zero-order valence-corrected chi connectivity index (χ0v) is 9.62. The average molecular weight is 236 g/mol. The molecular weight excluding hydrogens is 223 g/mol. The molecule has 0 saturated heterocycles. The molecule has 3 N–H and O–H groups in total. The van der Waals surface area contributed by atoms with Crippen molar-refractivity contribution in [2.24, 2.45) is 5.84 Å². The van der Waals surface area contributed by atoms with E-state index in [-0.39, 0.29) is 11.5 Å². The van der Waals surface area contributed by atoms with Crippen molar-refractivity contribution in [3.05, 3.63) is 29.4 Å². The number of hydrogen-bond acceptors (Lipinski definition) is 5. The number of nitrogen functional groups attached to an aromatic ring is 1. The van der Waals surface area contributed by atoms with Gasteiger partial charge in [-0.05, 0) is 19.1 Å². The number of furan rings is 1. The number of halogens is 1. The van der Waals surface area contributed by atoms with Gasteiger partial charge in [0, 0.05) is 6.42 Å². The van der Waals surface area contributed by atoms with Gasteiger partial charge < -0.3 is 9.84 Å². The second-order valence-corrected chi connectivity index (χ2v) is 3.56.